The summed E-state index contributed by atoms with van der Waals surface area (Å²) in [6, 6.07) is 10.3. The molecule has 0 bridgehead atoms. The molecular weight excluding hydrogens is 324 g/mol. The Bertz CT molecular complexity index is 652. The maximum Gasteiger partial charge on any atom is 0.335 e. The average molecular weight is 337 g/mol. The number of carboxylic acids is 1. The van der Waals surface area contributed by atoms with Crippen LogP contribution in [0.15, 0.2) is 40.9 Å². The van der Waals surface area contributed by atoms with Crippen LogP contribution in [0.4, 0.5) is 0 Å². The number of ether oxygens (including phenoxy) is 2. The van der Waals surface area contributed by atoms with E-state index in [-0.39, 0.29) is 5.56 Å². The summed E-state index contributed by atoms with van der Waals surface area (Å²) in [5, 5.41) is 9.06. The van der Waals surface area contributed by atoms with Crippen LogP contribution in [0, 0.1) is 0 Å². The van der Waals surface area contributed by atoms with E-state index >= 15 is 0 Å². The average Bonchev–Trinajstić information content (AvgIpc) is 2.47. The lowest BCUT2D eigenvalue weighted by atomic mass is 10.0. The minimum absolute atomic E-state index is 0.233. The SMILES string of the molecule is COc1ccc(-c2cccc(C(=O)O)c2)c(OC)c1Br. The Morgan fingerprint density at radius 2 is 1.90 bits per heavy atom. The second-order valence-electron chi connectivity index (χ2n) is 4.05. The number of aromatic carboxylic acids is 1. The third-order valence-corrected chi connectivity index (χ3v) is 3.66. The monoisotopic (exact) mass is 336 g/mol. The Morgan fingerprint density at radius 3 is 2.50 bits per heavy atom. The first-order valence-electron chi connectivity index (χ1n) is 5.82. The van der Waals surface area contributed by atoms with Crippen LogP contribution in [0.2, 0.25) is 0 Å². The van der Waals surface area contributed by atoms with E-state index in [1.807, 2.05) is 12.1 Å². The topological polar surface area (TPSA) is 55.8 Å². The van der Waals surface area contributed by atoms with Gasteiger partial charge < -0.3 is 14.6 Å². The zero-order valence-corrected chi connectivity index (χ0v) is 12.6. The molecule has 0 unspecified atom stereocenters. The summed E-state index contributed by atoms with van der Waals surface area (Å²) in [6.07, 6.45) is 0. The number of rotatable bonds is 4. The van der Waals surface area contributed by atoms with Crippen LogP contribution < -0.4 is 9.47 Å². The first-order chi connectivity index (χ1) is 9.58. The molecule has 0 aromatic heterocycles. The van der Waals surface area contributed by atoms with Crippen LogP contribution in [0.1, 0.15) is 10.4 Å². The van der Waals surface area contributed by atoms with Crippen molar-refractivity contribution in [1.82, 2.24) is 0 Å². The predicted molar refractivity (Wildman–Crippen MR) is 79.6 cm³/mol. The van der Waals surface area contributed by atoms with Gasteiger partial charge in [0.15, 0.2) is 0 Å². The van der Waals surface area contributed by atoms with Gasteiger partial charge >= 0.3 is 5.97 Å². The van der Waals surface area contributed by atoms with Crippen molar-refractivity contribution < 1.29 is 19.4 Å². The number of methoxy groups -OCH3 is 2. The maximum atomic E-state index is 11.0. The van der Waals surface area contributed by atoms with E-state index in [2.05, 4.69) is 15.9 Å². The third kappa shape index (κ3) is 2.63. The highest BCUT2D eigenvalue weighted by atomic mass is 79.9. The molecule has 0 heterocycles. The largest absolute Gasteiger partial charge is 0.495 e. The molecular formula is C15H13BrO4. The maximum absolute atomic E-state index is 11.0. The molecule has 2 aromatic rings. The fourth-order valence-corrected chi connectivity index (χ4v) is 2.61. The minimum atomic E-state index is -0.960. The molecule has 0 aliphatic rings. The molecule has 0 fully saturated rings. The molecule has 20 heavy (non-hydrogen) atoms. The van der Waals surface area contributed by atoms with Crippen molar-refractivity contribution in [3.05, 3.63) is 46.4 Å². The van der Waals surface area contributed by atoms with Gasteiger partial charge in [-0.1, -0.05) is 12.1 Å². The molecule has 0 amide bonds. The van der Waals surface area contributed by atoms with Crippen LogP contribution in [-0.4, -0.2) is 25.3 Å². The van der Waals surface area contributed by atoms with Crippen molar-refractivity contribution in [3.63, 3.8) is 0 Å². The Kier molecular flexibility index (Phi) is 4.29. The van der Waals surface area contributed by atoms with Crippen molar-refractivity contribution in [2.24, 2.45) is 0 Å². The van der Waals surface area contributed by atoms with Gasteiger partial charge in [0.1, 0.15) is 16.0 Å². The number of carboxylic acid groups (broad SMARTS) is 1. The molecule has 1 N–H and O–H groups in total. The third-order valence-electron chi connectivity index (χ3n) is 2.91. The number of hydrogen-bond donors (Lipinski definition) is 1. The molecule has 0 saturated carbocycles. The van der Waals surface area contributed by atoms with Crippen molar-refractivity contribution >= 4 is 21.9 Å². The lowest BCUT2D eigenvalue weighted by molar-refractivity contribution is 0.0697. The second-order valence-corrected chi connectivity index (χ2v) is 4.84. The number of carbonyl (C=O) groups is 1. The molecule has 0 spiro atoms. The summed E-state index contributed by atoms with van der Waals surface area (Å²) >= 11 is 3.43. The highest BCUT2D eigenvalue weighted by Gasteiger charge is 2.15. The molecule has 2 aromatic carbocycles. The first-order valence-corrected chi connectivity index (χ1v) is 6.62. The molecule has 0 saturated heterocycles. The second kappa shape index (κ2) is 5.96. The Labute approximate surface area is 125 Å². The van der Waals surface area contributed by atoms with Crippen molar-refractivity contribution in [2.75, 3.05) is 14.2 Å². The lowest BCUT2D eigenvalue weighted by Crippen LogP contribution is -1.97. The van der Waals surface area contributed by atoms with Gasteiger partial charge in [-0.25, -0.2) is 4.79 Å². The summed E-state index contributed by atoms with van der Waals surface area (Å²) in [5.41, 5.74) is 1.80. The molecule has 0 radical (unpaired) electrons. The van der Waals surface area contributed by atoms with Crippen LogP contribution in [-0.2, 0) is 0 Å². The molecule has 0 atom stereocenters. The van der Waals surface area contributed by atoms with Crippen LogP contribution in [0.3, 0.4) is 0 Å². The van der Waals surface area contributed by atoms with Gasteiger partial charge in [0.05, 0.1) is 19.8 Å². The van der Waals surface area contributed by atoms with Gasteiger partial charge in [-0.15, -0.1) is 0 Å². The van der Waals surface area contributed by atoms with E-state index in [1.165, 1.54) is 0 Å². The van der Waals surface area contributed by atoms with Crippen LogP contribution in [0.25, 0.3) is 11.1 Å². The summed E-state index contributed by atoms with van der Waals surface area (Å²) < 4.78 is 11.3. The Morgan fingerprint density at radius 1 is 1.15 bits per heavy atom. The normalized spacial score (nSPS) is 10.2. The van der Waals surface area contributed by atoms with Gasteiger partial charge in [0.25, 0.3) is 0 Å². The molecule has 2 rings (SSSR count). The van der Waals surface area contributed by atoms with Crippen molar-refractivity contribution in [1.29, 1.82) is 0 Å². The quantitative estimate of drug-likeness (QED) is 0.921. The summed E-state index contributed by atoms with van der Waals surface area (Å²) in [5.74, 6) is 0.297. The molecule has 104 valence electrons. The van der Waals surface area contributed by atoms with Gasteiger partial charge in [-0.2, -0.15) is 0 Å². The number of benzene rings is 2. The van der Waals surface area contributed by atoms with E-state index < -0.39 is 5.97 Å². The van der Waals surface area contributed by atoms with Gasteiger partial charge in [-0.05, 0) is 45.8 Å². The first kappa shape index (κ1) is 14.4. The van der Waals surface area contributed by atoms with E-state index in [4.69, 9.17) is 14.6 Å². The fourth-order valence-electron chi connectivity index (χ4n) is 1.94. The molecule has 4 nitrogen and oxygen atoms in total. The van der Waals surface area contributed by atoms with E-state index in [0.29, 0.717) is 16.0 Å². The Hall–Kier alpha value is -2.01. The number of halogens is 1. The minimum Gasteiger partial charge on any atom is -0.495 e. The number of hydrogen-bond acceptors (Lipinski definition) is 3. The van der Waals surface area contributed by atoms with Crippen LogP contribution in [0.5, 0.6) is 11.5 Å². The summed E-state index contributed by atoms with van der Waals surface area (Å²) in [6.45, 7) is 0. The van der Waals surface area contributed by atoms with Gasteiger partial charge in [-0.3, -0.25) is 0 Å². The summed E-state index contributed by atoms with van der Waals surface area (Å²) in [7, 11) is 3.13. The molecule has 0 aliphatic carbocycles. The Balaban J connectivity index is 2.60. The highest BCUT2D eigenvalue weighted by molar-refractivity contribution is 9.10. The zero-order valence-electron chi connectivity index (χ0n) is 11.0. The fraction of sp³-hybridized carbons (Fsp3) is 0.133. The van der Waals surface area contributed by atoms with Crippen molar-refractivity contribution in [2.45, 2.75) is 0 Å². The zero-order chi connectivity index (χ0) is 14.7. The summed E-state index contributed by atoms with van der Waals surface area (Å²) in [4.78, 5) is 11.0. The van der Waals surface area contributed by atoms with E-state index in [1.54, 1.807) is 38.5 Å². The molecule has 0 aliphatic heterocycles. The smallest absolute Gasteiger partial charge is 0.335 e. The van der Waals surface area contributed by atoms with E-state index in [0.717, 1.165) is 11.1 Å². The van der Waals surface area contributed by atoms with Crippen LogP contribution >= 0.6 is 15.9 Å². The van der Waals surface area contributed by atoms with E-state index in [9.17, 15) is 4.79 Å². The van der Waals surface area contributed by atoms with Crippen molar-refractivity contribution in [3.8, 4) is 22.6 Å². The molecule has 5 heteroatoms. The highest BCUT2D eigenvalue weighted by Crippen LogP contribution is 2.42. The van der Waals surface area contributed by atoms with Gasteiger partial charge in [0, 0.05) is 5.56 Å². The standard InChI is InChI=1S/C15H13BrO4/c1-19-12-7-6-11(14(20-2)13(12)16)9-4-3-5-10(8-9)15(17)18/h3-8H,1-2H3,(H,17,18). The lowest BCUT2D eigenvalue weighted by Gasteiger charge is -2.13. The predicted octanol–water partition coefficient (Wildman–Crippen LogP) is 3.83. The van der Waals surface area contributed by atoms with Gasteiger partial charge in [0.2, 0.25) is 0 Å².